The average Bonchev–Trinajstić information content (AvgIpc) is 2.19. The second-order valence-electron chi connectivity index (χ2n) is 4.10. The lowest BCUT2D eigenvalue weighted by Crippen LogP contribution is -2.13. The molecule has 0 aliphatic rings. The summed E-state index contributed by atoms with van der Waals surface area (Å²) in [7, 11) is 0. The van der Waals surface area contributed by atoms with Crippen LogP contribution in [0.3, 0.4) is 0 Å². The van der Waals surface area contributed by atoms with Crippen molar-refractivity contribution in [1.29, 1.82) is 0 Å². The molecule has 0 spiro atoms. The molecule has 1 amide bonds. The number of anilines is 1. The first-order chi connectivity index (χ1) is 7.49. The fraction of sp³-hybridized carbons (Fsp3) is 0.417. The minimum absolute atomic E-state index is 0.171. The van der Waals surface area contributed by atoms with Crippen LogP contribution < -0.4 is 5.32 Å². The van der Waals surface area contributed by atoms with Crippen molar-refractivity contribution in [2.24, 2.45) is 5.92 Å². The van der Waals surface area contributed by atoms with Crippen LogP contribution in [-0.2, 0) is 4.79 Å². The lowest BCUT2D eigenvalue weighted by atomic mass is 10.1. The van der Waals surface area contributed by atoms with Crippen LogP contribution in [0.5, 0.6) is 0 Å². The van der Waals surface area contributed by atoms with E-state index in [0.29, 0.717) is 17.4 Å². The maximum absolute atomic E-state index is 13.3. The quantitative estimate of drug-likeness (QED) is 0.855. The smallest absolute Gasteiger partial charge is 0.224 e. The third kappa shape index (κ3) is 4.19. The molecule has 0 aliphatic heterocycles. The molecule has 0 atom stereocenters. The van der Waals surface area contributed by atoms with E-state index < -0.39 is 5.82 Å². The third-order valence-corrected chi connectivity index (χ3v) is 2.39. The Morgan fingerprint density at radius 1 is 1.50 bits per heavy atom. The van der Waals surface area contributed by atoms with Gasteiger partial charge in [-0.25, -0.2) is 4.39 Å². The van der Waals surface area contributed by atoms with Crippen molar-refractivity contribution in [3.05, 3.63) is 29.0 Å². The molecule has 1 aromatic rings. The van der Waals surface area contributed by atoms with Gasteiger partial charge in [0.2, 0.25) is 5.91 Å². The molecule has 1 aromatic carbocycles. The van der Waals surface area contributed by atoms with E-state index in [1.54, 1.807) is 6.07 Å². The average molecular weight is 244 g/mol. The molecule has 0 radical (unpaired) electrons. The Labute approximate surface area is 99.8 Å². The van der Waals surface area contributed by atoms with Crippen LogP contribution in [0.1, 0.15) is 26.7 Å². The molecule has 0 saturated carbocycles. The van der Waals surface area contributed by atoms with Gasteiger partial charge in [-0.1, -0.05) is 25.4 Å². The molecule has 1 rings (SSSR count). The number of benzene rings is 1. The maximum Gasteiger partial charge on any atom is 0.224 e. The number of carbonyl (C=O) groups excluding carboxylic acids is 1. The monoisotopic (exact) mass is 243 g/mol. The second kappa shape index (κ2) is 5.85. The standard InChI is InChI=1S/C12H15ClFNO/c1-8(2)3-6-12(16)15-11-5-4-9(13)7-10(11)14/h4-5,7-8H,3,6H2,1-2H3,(H,15,16). The zero-order valence-corrected chi connectivity index (χ0v) is 10.1. The van der Waals surface area contributed by atoms with Crippen molar-refractivity contribution in [3.63, 3.8) is 0 Å². The van der Waals surface area contributed by atoms with E-state index in [9.17, 15) is 9.18 Å². The predicted octanol–water partition coefficient (Wildman–Crippen LogP) is 3.85. The Balaban J connectivity index is 2.56. The van der Waals surface area contributed by atoms with Crippen LogP contribution in [-0.4, -0.2) is 5.91 Å². The van der Waals surface area contributed by atoms with Crippen LogP contribution in [0.25, 0.3) is 0 Å². The zero-order chi connectivity index (χ0) is 12.1. The van der Waals surface area contributed by atoms with E-state index in [-0.39, 0.29) is 11.6 Å². The normalized spacial score (nSPS) is 10.6. The van der Waals surface area contributed by atoms with Crippen LogP contribution in [0.15, 0.2) is 18.2 Å². The number of hydrogen-bond donors (Lipinski definition) is 1. The van der Waals surface area contributed by atoms with Gasteiger partial charge in [0.05, 0.1) is 5.69 Å². The lowest BCUT2D eigenvalue weighted by molar-refractivity contribution is -0.116. The Kier molecular flexibility index (Phi) is 4.74. The molecule has 1 N–H and O–H groups in total. The topological polar surface area (TPSA) is 29.1 Å². The van der Waals surface area contributed by atoms with Gasteiger partial charge in [0.25, 0.3) is 0 Å². The molecule has 16 heavy (non-hydrogen) atoms. The Morgan fingerprint density at radius 2 is 2.19 bits per heavy atom. The van der Waals surface area contributed by atoms with Crippen LogP contribution >= 0.6 is 11.6 Å². The number of halogens is 2. The summed E-state index contributed by atoms with van der Waals surface area (Å²) in [5.74, 6) is -0.221. The summed E-state index contributed by atoms with van der Waals surface area (Å²) in [5, 5.41) is 2.84. The number of rotatable bonds is 4. The first kappa shape index (κ1) is 13.0. The van der Waals surface area contributed by atoms with E-state index >= 15 is 0 Å². The zero-order valence-electron chi connectivity index (χ0n) is 9.39. The van der Waals surface area contributed by atoms with Gasteiger partial charge < -0.3 is 5.32 Å². The molecule has 0 aromatic heterocycles. The van der Waals surface area contributed by atoms with Gasteiger partial charge in [-0.2, -0.15) is 0 Å². The second-order valence-corrected chi connectivity index (χ2v) is 4.54. The molecule has 2 nitrogen and oxygen atoms in total. The molecule has 0 unspecified atom stereocenters. The Morgan fingerprint density at radius 3 is 2.75 bits per heavy atom. The van der Waals surface area contributed by atoms with E-state index in [0.717, 1.165) is 6.42 Å². The van der Waals surface area contributed by atoms with E-state index in [2.05, 4.69) is 5.32 Å². The Bertz CT molecular complexity index is 379. The minimum atomic E-state index is -0.509. The summed E-state index contributed by atoms with van der Waals surface area (Å²) in [5.41, 5.74) is 0.179. The van der Waals surface area contributed by atoms with Crippen LogP contribution in [0.2, 0.25) is 5.02 Å². The molecule has 0 bridgehead atoms. The number of nitrogens with one attached hydrogen (secondary N) is 1. The summed E-state index contributed by atoms with van der Waals surface area (Å²) in [6.45, 7) is 4.08. The van der Waals surface area contributed by atoms with Gasteiger partial charge in [-0.15, -0.1) is 0 Å². The maximum atomic E-state index is 13.3. The fourth-order valence-electron chi connectivity index (χ4n) is 1.22. The lowest BCUT2D eigenvalue weighted by Gasteiger charge is -2.07. The molecule has 0 fully saturated rings. The van der Waals surface area contributed by atoms with Gasteiger partial charge in [-0.05, 0) is 30.5 Å². The molecule has 88 valence electrons. The summed E-state index contributed by atoms with van der Waals surface area (Å²) in [4.78, 5) is 11.4. The first-order valence-corrected chi connectivity index (χ1v) is 5.61. The highest BCUT2D eigenvalue weighted by Crippen LogP contribution is 2.19. The van der Waals surface area contributed by atoms with E-state index in [1.807, 2.05) is 13.8 Å². The summed E-state index contributed by atoms with van der Waals surface area (Å²) in [6.07, 6.45) is 1.20. The van der Waals surface area contributed by atoms with Gasteiger partial charge >= 0.3 is 0 Å². The fourth-order valence-corrected chi connectivity index (χ4v) is 1.38. The number of amides is 1. The molecule has 0 aliphatic carbocycles. The van der Waals surface area contributed by atoms with Crippen molar-refractivity contribution in [2.75, 3.05) is 5.32 Å². The predicted molar refractivity (Wildman–Crippen MR) is 64.1 cm³/mol. The number of carbonyl (C=O) groups is 1. The van der Waals surface area contributed by atoms with Gasteiger partial charge in [-0.3, -0.25) is 4.79 Å². The van der Waals surface area contributed by atoms with Crippen molar-refractivity contribution in [2.45, 2.75) is 26.7 Å². The van der Waals surface area contributed by atoms with Crippen molar-refractivity contribution in [3.8, 4) is 0 Å². The summed E-state index contributed by atoms with van der Waals surface area (Å²) in [6, 6.07) is 4.19. The molecular weight excluding hydrogens is 229 g/mol. The molecule has 0 saturated heterocycles. The van der Waals surface area contributed by atoms with Gasteiger partial charge in [0.1, 0.15) is 5.82 Å². The van der Waals surface area contributed by atoms with Gasteiger partial charge in [0, 0.05) is 11.4 Å². The molecule has 0 heterocycles. The van der Waals surface area contributed by atoms with Crippen molar-refractivity contribution < 1.29 is 9.18 Å². The Hall–Kier alpha value is -1.09. The molecular formula is C12H15ClFNO. The number of hydrogen-bond acceptors (Lipinski definition) is 1. The van der Waals surface area contributed by atoms with E-state index in [1.165, 1.54) is 12.1 Å². The highest BCUT2D eigenvalue weighted by molar-refractivity contribution is 6.30. The van der Waals surface area contributed by atoms with E-state index in [4.69, 9.17) is 11.6 Å². The highest BCUT2D eigenvalue weighted by Gasteiger charge is 2.07. The first-order valence-electron chi connectivity index (χ1n) is 5.24. The largest absolute Gasteiger partial charge is 0.324 e. The summed E-state index contributed by atoms with van der Waals surface area (Å²) >= 11 is 5.60. The summed E-state index contributed by atoms with van der Waals surface area (Å²) < 4.78 is 13.3. The van der Waals surface area contributed by atoms with Crippen molar-refractivity contribution >= 4 is 23.2 Å². The highest BCUT2D eigenvalue weighted by atomic mass is 35.5. The molecule has 4 heteroatoms. The van der Waals surface area contributed by atoms with Crippen LogP contribution in [0.4, 0.5) is 10.1 Å². The van der Waals surface area contributed by atoms with Crippen molar-refractivity contribution in [1.82, 2.24) is 0 Å². The third-order valence-electron chi connectivity index (χ3n) is 2.15. The minimum Gasteiger partial charge on any atom is -0.324 e. The van der Waals surface area contributed by atoms with Crippen LogP contribution in [0, 0.1) is 11.7 Å². The van der Waals surface area contributed by atoms with Gasteiger partial charge in [0.15, 0.2) is 0 Å². The SMILES string of the molecule is CC(C)CCC(=O)Nc1ccc(Cl)cc1F.